The van der Waals surface area contributed by atoms with Crippen molar-refractivity contribution in [2.24, 2.45) is 17.8 Å². The fourth-order valence-corrected chi connectivity index (χ4v) is 2.67. The molecule has 1 heteroatoms. The average molecular weight is 197 g/mol. The van der Waals surface area contributed by atoms with Crippen LogP contribution < -0.4 is 5.32 Å². The van der Waals surface area contributed by atoms with Crippen molar-refractivity contribution in [2.45, 2.75) is 59.4 Å². The SMILES string of the molecule is CC(C)C(CNC1CCCC1)C(C)C. The van der Waals surface area contributed by atoms with Crippen LogP contribution >= 0.6 is 0 Å². The van der Waals surface area contributed by atoms with Crippen molar-refractivity contribution in [2.75, 3.05) is 6.54 Å². The van der Waals surface area contributed by atoms with Crippen LogP contribution in [0.2, 0.25) is 0 Å². The van der Waals surface area contributed by atoms with Gasteiger partial charge < -0.3 is 5.32 Å². The maximum absolute atomic E-state index is 3.74. The summed E-state index contributed by atoms with van der Waals surface area (Å²) in [5.74, 6) is 2.46. The first kappa shape index (κ1) is 12.0. The molecule has 1 aliphatic carbocycles. The molecule has 0 spiro atoms. The topological polar surface area (TPSA) is 12.0 Å². The van der Waals surface area contributed by atoms with Gasteiger partial charge in [-0.15, -0.1) is 0 Å². The van der Waals surface area contributed by atoms with Crippen LogP contribution in [-0.4, -0.2) is 12.6 Å². The third-order valence-electron chi connectivity index (χ3n) is 3.71. The molecule has 0 saturated heterocycles. The van der Waals surface area contributed by atoms with E-state index in [-0.39, 0.29) is 0 Å². The summed E-state index contributed by atoms with van der Waals surface area (Å²) in [6.45, 7) is 10.6. The highest BCUT2D eigenvalue weighted by Gasteiger charge is 2.20. The van der Waals surface area contributed by atoms with Gasteiger partial charge in [-0.25, -0.2) is 0 Å². The highest BCUT2D eigenvalue weighted by atomic mass is 14.9. The Kier molecular flexibility index (Phi) is 4.94. The van der Waals surface area contributed by atoms with Gasteiger partial charge in [0, 0.05) is 6.04 Å². The first-order valence-electron chi connectivity index (χ1n) is 6.34. The third kappa shape index (κ3) is 3.61. The molecule has 0 aromatic heterocycles. The molecule has 0 heterocycles. The third-order valence-corrected chi connectivity index (χ3v) is 3.71. The largest absolute Gasteiger partial charge is 0.314 e. The van der Waals surface area contributed by atoms with Gasteiger partial charge in [0.2, 0.25) is 0 Å². The molecule has 0 aliphatic heterocycles. The second-order valence-corrected chi connectivity index (χ2v) is 5.54. The van der Waals surface area contributed by atoms with Crippen LogP contribution in [0, 0.1) is 17.8 Å². The average Bonchev–Trinajstić information content (AvgIpc) is 2.55. The van der Waals surface area contributed by atoms with Gasteiger partial charge in [-0.2, -0.15) is 0 Å². The lowest BCUT2D eigenvalue weighted by Crippen LogP contribution is -2.35. The van der Waals surface area contributed by atoms with Crippen LogP contribution in [0.1, 0.15) is 53.4 Å². The summed E-state index contributed by atoms with van der Waals surface area (Å²) in [6, 6.07) is 0.829. The summed E-state index contributed by atoms with van der Waals surface area (Å²) in [4.78, 5) is 0. The van der Waals surface area contributed by atoms with Gasteiger partial charge in [0.25, 0.3) is 0 Å². The van der Waals surface area contributed by atoms with Crippen molar-refractivity contribution in [1.29, 1.82) is 0 Å². The molecule has 84 valence electrons. The van der Waals surface area contributed by atoms with Crippen LogP contribution in [0.3, 0.4) is 0 Å². The number of rotatable bonds is 5. The molecule has 1 aliphatic rings. The highest BCUT2D eigenvalue weighted by Crippen LogP contribution is 2.22. The number of hydrogen-bond donors (Lipinski definition) is 1. The summed E-state index contributed by atoms with van der Waals surface area (Å²) in [5, 5.41) is 3.74. The molecule has 1 N–H and O–H groups in total. The van der Waals surface area contributed by atoms with Gasteiger partial charge in [-0.05, 0) is 37.1 Å². The summed E-state index contributed by atoms with van der Waals surface area (Å²) >= 11 is 0. The monoisotopic (exact) mass is 197 g/mol. The smallest absolute Gasteiger partial charge is 0.00671 e. The fraction of sp³-hybridized carbons (Fsp3) is 1.00. The van der Waals surface area contributed by atoms with Crippen LogP contribution in [0.25, 0.3) is 0 Å². The molecule has 0 unspecified atom stereocenters. The minimum absolute atomic E-state index is 0.809. The van der Waals surface area contributed by atoms with E-state index in [1.54, 1.807) is 0 Å². The molecule has 14 heavy (non-hydrogen) atoms. The molecule has 0 radical (unpaired) electrons. The Morgan fingerprint density at radius 1 is 1.00 bits per heavy atom. The van der Waals surface area contributed by atoms with Crippen LogP contribution in [0.5, 0.6) is 0 Å². The van der Waals surface area contributed by atoms with Gasteiger partial charge in [0.05, 0.1) is 0 Å². The van der Waals surface area contributed by atoms with Crippen LogP contribution in [0.4, 0.5) is 0 Å². The standard InChI is InChI=1S/C13H27N/c1-10(2)13(11(3)4)9-14-12-7-5-6-8-12/h10-14H,5-9H2,1-4H3. The van der Waals surface area contributed by atoms with Crippen molar-refractivity contribution in [3.63, 3.8) is 0 Å². The van der Waals surface area contributed by atoms with E-state index >= 15 is 0 Å². The van der Waals surface area contributed by atoms with Gasteiger partial charge in [-0.3, -0.25) is 0 Å². The fourth-order valence-electron chi connectivity index (χ4n) is 2.67. The van der Waals surface area contributed by atoms with Gasteiger partial charge >= 0.3 is 0 Å². The highest BCUT2D eigenvalue weighted by molar-refractivity contribution is 4.77. The maximum Gasteiger partial charge on any atom is 0.00671 e. The number of nitrogens with one attached hydrogen (secondary N) is 1. The Morgan fingerprint density at radius 2 is 1.50 bits per heavy atom. The normalized spacial score (nSPS) is 19.1. The Hall–Kier alpha value is -0.0400. The van der Waals surface area contributed by atoms with Crippen molar-refractivity contribution in [3.8, 4) is 0 Å². The zero-order chi connectivity index (χ0) is 10.6. The molecule has 0 aromatic rings. The molecule has 1 saturated carbocycles. The van der Waals surface area contributed by atoms with Crippen LogP contribution in [-0.2, 0) is 0 Å². The lowest BCUT2D eigenvalue weighted by molar-refractivity contribution is 0.265. The van der Waals surface area contributed by atoms with Gasteiger partial charge in [0.1, 0.15) is 0 Å². The Morgan fingerprint density at radius 3 is 1.93 bits per heavy atom. The zero-order valence-corrected chi connectivity index (χ0v) is 10.3. The lowest BCUT2D eigenvalue weighted by Gasteiger charge is -2.26. The second-order valence-electron chi connectivity index (χ2n) is 5.54. The first-order chi connectivity index (χ1) is 6.61. The zero-order valence-electron chi connectivity index (χ0n) is 10.3. The molecule has 1 nitrogen and oxygen atoms in total. The maximum atomic E-state index is 3.74. The van der Waals surface area contributed by atoms with Crippen LogP contribution in [0.15, 0.2) is 0 Å². The molecular formula is C13H27N. The summed E-state index contributed by atoms with van der Waals surface area (Å²) < 4.78 is 0. The van der Waals surface area contributed by atoms with E-state index in [0.717, 1.165) is 23.8 Å². The minimum Gasteiger partial charge on any atom is -0.314 e. The van der Waals surface area contributed by atoms with E-state index < -0.39 is 0 Å². The summed E-state index contributed by atoms with van der Waals surface area (Å²) in [5.41, 5.74) is 0. The van der Waals surface area contributed by atoms with Crippen molar-refractivity contribution in [1.82, 2.24) is 5.32 Å². The van der Waals surface area contributed by atoms with E-state index in [9.17, 15) is 0 Å². The Balaban J connectivity index is 2.25. The minimum atomic E-state index is 0.809. The van der Waals surface area contributed by atoms with E-state index in [2.05, 4.69) is 33.0 Å². The molecule has 0 atom stereocenters. The predicted molar refractivity (Wildman–Crippen MR) is 63.4 cm³/mol. The molecular weight excluding hydrogens is 170 g/mol. The van der Waals surface area contributed by atoms with E-state index in [1.165, 1.54) is 32.2 Å². The van der Waals surface area contributed by atoms with Crippen molar-refractivity contribution >= 4 is 0 Å². The van der Waals surface area contributed by atoms with E-state index in [4.69, 9.17) is 0 Å². The summed E-state index contributed by atoms with van der Waals surface area (Å²) in [7, 11) is 0. The molecule has 1 fully saturated rings. The molecule has 1 rings (SSSR count). The molecule has 0 amide bonds. The molecule has 0 aromatic carbocycles. The summed E-state index contributed by atoms with van der Waals surface area (Å²) in [6.07, 6.45) is 5.68. The Labute approximate surface area is 89.7 Å². The predicted octanol–water partition coefficient (Wildman–Crippen LogP) is 3.45. The first-order valence-corrected chi connectivity index (χ1v) is 6.34. The van der Waals surface area contributed by atoms with Gasteiger partial charge in [-0.1, -0.05) is 40.5 Å². The van der Waals surface area contributed by atoms with E-state index in [1.807, 2.05) is 0 Å². The lowest BCUT2D eigenvalue weighted by atomic mass is 9.85. The second kappa shape index (κ2) is 5.75. The van der Waals surface area contributed by atoms with Crippen molar-refractivity contribution < 1.29 is 0 Å². The van der Waals surface area contributed by atoms with Gasteiger partial charge in [0.15, 0.2) is 0 Å². The quantitative estimate of drug-likeness (QED) is 0.712. The number of hydrogen-bond acceptors (Lipinski definition) is 1. The van der Waals surface area contributed by atoms with Crippen molar-refractivity contribution in [3.05, 3.63) is 0 Å². The Bertz CT molecular complexity index is 137. The van der Waals surface area contributed by atoms with E-state index in [0.29, 0.717) is 0 Å². The molecule has 0 bridgehead atoms.